The average Bonchev–Trinajstić information content (AvgIpc) is 2.96. The molecule has 21 heavy (non-hydrogen) atoms. The molecule has 1 aliphatic rings. The standard InChI is InChI=1S/C15H21N3O2.ClH/c1-3-14(19)17-12-5-4-10(2)13(8-12)18-15(20)11-6-7-16-9-11;/h4-5,8,11,16H,3,6-7,9H2,1-2H3,(H,17,19)(H,18,20);1H. The highest BCUT2D eigenvalue weighted by Crippen LogP contribution is 2.22. The van der Waals surface area contributed by atoms with Gasteiger partial charge in [0, 0.05) is 24.3 Å². The van der Waals surface area contributed by atoms with E-state index in [2.05, 4.69) is 16.0 Å². The Kier molecular flexibility index (Phi) is 6.65. The largest absolute Gasteiger partial charge is 0.326 e. The third-order valence-electron chi connectivity index (χ3n) is 3.53. The van der Waals surface area contributed by atoms with Crippen LogP contribution in [-0.2, 0) is 9.59 Å². The Balaban J connectivity index is 0.00000220. The van der Waals surface area contributed by atoms with Crippen molar-refractivity contribution in [1.82, 2.24) is 5.32 Å². The molecule has 5 nitrogen and oxygen atoms in total. The maximum atomic E-state index is 12.1. The zero-order valence-corrected chi connectivity index (χ0v) is 13.2. The first-order chi connectivity index (χ1) is 9.60. The van der Waals surface area contributed by atoms with Crippen LogP contribution in [0, 0.1) is 12.8 Å². The lowest BCUT2D eigenvalue weighted by molar-refractivity contribution is -0.119. The highest BCUT2D eigenvalue weighted by Gasteiger charge is 2.22. The molecule has 1 saturated heterocycles. The zero-order chi connectivity index (χ0) is 14.5. The Hall–Kier alpha value is -1.59. The molecule has 6 heteroatoms. The third-order valence-corrected chi connectivity index (χ3v) is 3.53. The second-order valence-electron chi connectivity index (χ2n) is 5.11. The molecule has 3 N–H and O–H groups in total. The van der Waals surface area contributed by atoms with E-state index in [1.54, 1.807) is 6.92 Å². The van der Waals surface area contributed by atoms with Crippen LogP contribution in [0.15, 0.2) is 18.2 Å². The lowest BCUT2D eigenvalue weighted by atomic mass is 10.1. The van der Waals surface area contributed by atoms with Crippen LogP contribution >= 0.6 is 12.4 Å². The molecule has 1 aliphatic heterocycles. The zero-order valence-electron chi connectivity index (χ0n) is 12.4. The summed E-state index contributed by atoms with van der Waals surface area (Å²) < 4.78 is 0. The van der Waals surface area contributed by atoms with Gasteiger partial charge in [-0.3, -0.25) is 9.59 Å². The molecule has 0 aliphatic carbocycles. The number of hydrogen-bond donors (Lipinski definition) is 3. The third kappa shape index (κ3) is 4.72. The van der Waals surface area contributed by atoms with Crippen LogP contribution in [-0.4, -0.2) is 24.9 Å². The molecule has 1 fully saturated rings. The van der Waals surface area contributed by atoms with Gasteiger partial charge in [0.15, 0.2) is 0 Å². The van der Waals surface area contributed by atoms with Crippen molar-refractivity contribution in [1.29, 1.82) is 0 Å². The van der Waals surface area contributed by atoms with Crippen molar-refractivity contribution >= 4 is 35.6 Å². The second kappa shape index (κ2) is 8.00. The summed E-state index contributed by atoms with van der Waals surface area (Å²) in [5, 5.41) is 8.93. The lowest BCUT2D eigenvalue weighted by Crippen LogP contribution is -2.25. The van der Waals surface area contributed by atoms with Gasteiger partial charge in [-0.25, -0.2) is 0 Å². The topological polar surface area (TPSA) is 70.2 Å². The molecular formula is C15H22ClN3O2. The molecule has 1 heterocycles. The summed E-state index contributed by atoms with van der Waals surface area (Å²) in [5.41, 5.74) is 2.46. The number of anilines is 2. The highest BCUT2D eigenvalue weighted by molar-refractivity contribution is 5.95. The van der Waals surface area contributed by atoms with Crippen LogP contribution in [0.4, 0.5) is 11.4 Å². The first kappa shape index (κ1) is 17.5. The fourth-order valence-electron chi connectivity index (χ4n) is 2.20. The van der Waals surface area contributed by atoms with E-state index >= 15 is 0 Å². The normalized spacial score (nSPS) is 17.0. The van der Waals surface area contributed by atoms with Crippen LogP contribution in [0.2, 0.25) is 0 Å². The Morgan fingerprint density at radius 2 is 2.10 bits per heavy atom. The summed E-state index contributed by atoms with van der Waals surface area (Å²) in [6.45, 7) is 5.37. The summed E-state index contributed by atoms with van der Waals surface area (Å²) >= 11 is 0. The van der Waals surface area contributed by atoms with E-state index in [1.807, 2.05) is 25.1 Å². The van der Waals surface area contributed by atoms with Gasteiger partial charge in [0.05, 0.1) is 5.92 Å². The van der Waals surface area contributed by atoms with Crippen LogP contribution in [0.5, 0.6) is 0 Å². The molecular weight excluding hydrogens is 290 g/mol. The molecule has 0 bridgehead atoms. The predicted molar refractivity (Wildman–Crippen MR) is 87.0 cm³/mol. The average molecular weight is 312 g/mol. The van der Waals surface area contributed by atoms with E-state index in [4.69, 9.17) is 0 Å². The van der Waals surface area contributed by atoms with Crippen molar-refractivity contribution in [3.05, 3.63) is 23.8 Å². The van der Waals surface area contributed by atoms with Crippen LogP contribution in [0.3, 0.4) is 0 Å². The molecule has 116 valence electrons. The summed E-state index contributed by atoms with van der Waals surface area (Å²) in [4.78, 5) is 23.5. The Morgan fingerprint density at radius 3 is 2.71 bits per heavy atom. The smallest absolute Gasteiger partial charge is 0.228 e. The molecule has 0 aromatic heterocycles. The van der Waals surface area contributed by atoms with Gasteiger partial charge in [0.1, 0.15) is 0 Å². The van der Waals surface area contributed by atoms with E-state index in [9.17, 15) is 9.59 Å². The van der Waals surface area contributed by atoms with Crippen LogP contribution in [0.25, 0.3) is 0 Å². The van der Waals surface area contributed by atoms with Gasteiger partial charge in [-0.05, 0) is 37.6 Å². The number of rotatable bonds is 4. The molecule has 0 saturated carbocycles. The molecule has 2 amide bonds. The van der Waals surface area contributed by atoms with Gasteiger partial charge in [-0.2, -0.15) is 0 Å². The van der Waals surface area contributed by atoms with Crippen LogP contribution < -0.4 is 16.0 Å². The number of carbonyl (C=O) groups is 2. The van der Waals surface area contributed by atoms with E-state index in [0.29, 0.717) is 12.1 Å². The molecule has 2 rings (SSSR count). The van der Waals surface area contributed by atoms with Crippen LogP contribution in [0.1, 0.15) is 25.3 Å². The monoisotopic (exact) mass is 311 g/mol. The van der Waals surface area contributed by atoms with Gasteiger partial charge in [-0.15, -0.1) is 12.4 Å². The first-order valence-electron chi connectivity index (χ1n) is 7.02. The summed E-state index contributed by atoms with van der Waals surface area (Å²) in [6.07, 6.45) is 1.31. The number of benzene rings is 1. The predicted octanol–water partition coefficient (Wildman–Crippen LogP) is 2.31. The number of nitrogens with one attached hydrogen (secondary N) is 3. The Morgan fingerprint density at radius 1 is 1.33 bits per heavy atom. The number of amides is 2. The van der Waals surface area contributed by atoms with E-state index in [1.165, 1.54) is 0 Å². The lowest BCUT2D eigenvalue weighted by Gasteiger charge is -2.13. The maximum absolute atomic E-state index is 12.1. The molecule has 1 atom stereocenters. The Labute approximate surface area is 131 Å². The number of hydrogen-bond acceptors (Lipinski definition) is 3. The van der Waals surface area contributed by atoms with Crippen molar-refractivity contribution in [3.8, 4) is 0 Å². The van der Waals surface area contributed by atoms with Gasteiger partial charge < -0.3 is 16.0 Å². The number of carbonyl (C=O) groups excluding carboxylic acids is 2. The van der Waals surface area contributed by atoms with Gasteiger partial charge in [0.2, 0.25) is 11.8 Å². The minimum Gasteiger partial charge on any atom is -0.326 e. The van der Waals surface area contributed by atoms with Gasteiger partial charge in [-0.1, -0.05) is 13.0 Å². The van der Waals surface area contributed by atoms with Crippen molar-refractivity contribution in [2.75, 3.05) is 23.7 Å². The minimum atomic E-state index is -0.0360. The summed E-state index contributed by atoms with van der Waals surface area (Å²) in [5.74, 6) is 0.0338. The SMILES string of the molecule is CCC(=O)Nc1ccc(C)c(NC(=O)C2CCNC2)c1.Cl. The van der Waals surface area contributed by atoms with Crippen molar-refractivity contribution < 1.29 is 9.59 Å². The molecule has 1 aromatic carbocycles. The van der Waals surface area contributed by atoms with Crippen molar-refractivity contribution in [3.63, 3.8) is 0 Å². The molecule has 0 spiro atoms. The number of aryl methyl sites for hydroxylation is 1. The van der Waals surface area contributed by atoms with Gasteiger partial charge >= 0.3 is 0 Å². The molecule has 1 aromatic rings. The van der Waals surface area contributed by atoms with Gasteiger partial charge in [0.25, 0.3) is 0 Å². The van der Waals surface area contributed by atoms with Crippen molar-refractivity contribution in [2.24, 2.45) is 5.92 Å². The molecule has 0 radical (unpaired) electrons. The fourth-order valence-corrected chi connectivity index (χ4v) is 2.20. The summed E-state index contributed by atoms with van der Waals surface area (Å²) in [7, 11) is 0. The highest BCUT2D eigenvalue weighted by atomic mass is 35.5. The first-order valence-corrected chi connectivity index (χ1v) is 7.02. The van der Waals surface area contributed by atoms with E-state index in [-0.39, 0.29) is 30.1 Å². The quantitative estimate of drug-likeness (QED) is 0.799. The Bertz CT molecular complexity index is 514. The second-order valence-corrected chi connectivity index (χ2v) is 5.11. The van der Waals surface area contributed by atoms with Crippen molar-refractivity contribution in [2.45, 2.75) is 26.7 Å². The maximum Gasteiger partial charge on any atom is 0.228 e. The minimum absolute atomic E-state index is 0. The van der Waals surface area contributed by atoms with E-state index < -0.39 is 0 Å². The summed E-state index contributed by atoms with van der Waals surface area (Å²) in [6, 6.07) is 5.55. The molecule has 1 unspecified atom stereocenters. The van der Waals surface area contributed by atoms with E-state index in [0.717, 1.165) is 30.8 Å². The number of halogens is 1. The fraction of sp³-hybridized carbons (Fsp3) is 0.467.